The molecular weight excluding hydrogens is 776 g/mol. The van der Waals surface area contributed by atoms with E-state index in [1.54, 1.807) is 26.2 Å². The highest BCUT2D eigenvalue weighted by Crippen LogP contribution is 2.42. The lowest BCUT2D eigenvalue weighted by atomic mass is 9.77. The van der Waals surface area contributed by atoms with Crippen LogP contribution >= 0.6 is 23.3 Å². The number of quaternary nitrogens is 1. The summed E-state index contributed by atoms with van der Waals surface area (Å²) in [6.45, 7) is -1.60. The van der Waals surface area contributed by atoms with Crippen LogP contribution < -0.4 is 16.4 Å². The van der Waals surface area contributed by atoms with E-state index in [9.17, 15) is 33.8 Å². The molecule has 2 aliphatic rings. The largest absolute Gasteiger partial charge is 0.477 e. The average molecular weight is 816 g/mol. The number of alkyl halides is 1. The molecule has 1 aromatic heterocycles. The number of nitrogens with zero attached hydrogens (tertiary/aromatic N) is 5. The molecule has 6 N–H and O–H groups in total. The van der Waals surface area contributed by atoms with Gasteiger partial charge < -0.3 is 35.9 Å². The van der Waals surface area contributed by atoms with Crippen molar-refractivity contribution in [3.05, 3.63) is 137 Å². The molecule has 0 unspecified atom stereocenters. The number of aliphatic hydroxyl groups is 1. The number of carbonyl (C=O) groups excluding carboxylic acids is 3. The third-order valence-electron chi connectivity index (χ3n) is 9.70. The van der Waals surface area contributed by atoms with Gasteiger partial charge in [0.2, 0.25) is 16.7 Å². The molecule has 1 fully saturated rings. The predicted molar refractivity (Wildman–Crippen MR) is 212 cm³/mol. The lowest BCUT2D eigenvalue weighted by Gasteiger charge is -2.49. The number of nitrogens with one attached hydrogen (secondary N) is 2. The van der Waals surface area contributed by atoms with Crippen LogP contribution in [0.2, 0.25) is 0 Å². The highest BCUT2D eigenvalue weighted by molar-refractivity contribution is 8.00. The van der Waals surface area contributed by atoms with Crippen LogP contribution in [0.5, 0.6) is 0 Å². The third kappa shape index (κ3) is 8.29. The minimum Gasteiger partial charge on any atom is -0.477 e. The number of hydrogen-bond acceptors (Lipinski definition) is 12. The first-order chi connectivity index (χ1) is 27.4. The molecule has 3 amide bonds. The standard InChI is InChI=1S/C39H39FN8O7S2/c1-48(2,28(21-49)32(41)50)20-12-13-24-22-56-36-30(35(52)47(36)31(24)37(53)54)42-34(51)29(45-55-23-40)33-43-38(57-46-33)44-39(25-14-6-3-7-15-25,26-16-8-4-9-17-26)27-18-10-5-11-19-27/h3-19,28,30,36,49H,20-23H2,1-2H3,(H4-,41,42,43,44,46,50,51,53,54)/p+1/t28-,30-,36+/m1/s1. The van der Waals surface area contributed by atoms with Crippen molar-refractivity contribution in [1.29, 1.82) is 0 Å². The van der Waals surface area contributed by atoms with Crippen molar-refractivity contribution in [3.63, 3.8) is 0 Å². The van der Waals surface area contributed by atoms with E-state index in [-0.39, 0.29) is 33.4 Å². The second-order valence-corrected chi connectivity index (χ2v) is 15.4. The SMILES string of the molecule is C[N+](C)(CC=CC1=C(C(=O)O)N2C(=O)[C@@H](NC(=O)C(=NOCF)c3nsc(NC(c4ccccc4)(c4ccccc4)c4ccccc4)n3)[C@@H]2SC1)[C@H](CO)C(N)=O. The monoisotopic (exact) mass is 815 g/mol. The first-order valence-electron chi connectivity index (χ1n) is 17.6. The first kappa shape index (κ1) is 40.7. The van der Waals surface area contributed by atoms with Crippen LogP contribution in [0.15, 0.2) is 120 Å². The number of carboxylic acid groups (broad SMARTS) is 1. The number of nitrogens with two attached hydrogens (primary N) is 1. The van der Waals surface area contributed by atoms with Gasteiger partial charge in [-0.1, -0.05) is 102 Å². The highest BCUT2D eigenvalue weighted by Gasteiger charge is 2.54. The fourth-order valence-corrected chi connectivity index (χ4v) is 8.76. The van der Waals surface area contributed by atoms with Gasteiger partial charge in [0, 0.05) is 17.3 Å². The molecule has 4 aromatic rings. The summed E-state index contributed by atoms with van der Waals surface area (Å²) in [5.74, 6) is -3.68. The van der Waals surface area contributed by atoms with Crippen LogP contribution in [0.4, 0.5) is 9.52 Å². The van der Waals surface area contributed by atoms with Crippen LogP contribution in [0.1, 0.15) is 22.5 Å². The number of β-lactam (4-membered cyclic amide) rings is 1. The average Bonchev–Trinajstić information content (AvgIpc) is 3.67. The van der Waals surface area contributed by atoms with E-state index in [4.69, 9.17) is 5.73 Å². The van der Waals surface area contributed by atoms with E-state index >= 15 is 0 Å². The van der Waals surface area contributed by atoms with E-state index in [1.165, 1.54) is 11.8 Å². The molecule has 0 bridgehead atoms. The van der Waals surface area contributed by atoms with Gasteiger partial charge in [-0.3, -0.25) is 19.3 Å². The number of primary amides is 1. The van der Waals surface area contributed by atoms with Crippen molar-refractivity contribution < 1.29 is 43.1 Å². The highest BCUT2D eigenvalue weighted by atomic mass is 32.2. The number of amides is 3. The summed E-state index contributed by atoms with van der Waals surface area (Å²) in [6.07, 6.45) is 3.21. The fraction of sp³-hybridized carbons (Fsp3) is 0.256. The summed E-state index contributed by atoms with van der Waals surface area (Å²) in [7, 11) is 3.39. The molecule has 6 rings (SSSR count). The molecule has 296 valence electrons. The number of carboxylic acids is 1. The maximum absolute atomic E-state index is 13.8. The van der Waals surface area contributed by atoms with Gasteiger partial charge in [-0.05, 0) is 28.3 Å². The topological polar surface area (TPSA) is 209 Å². The Hall–Kier alpha value is -5.95. The maximum atomic E-state index is 13.8. The van der Waals surface area contributed by atoms with Gasteiger partial charge in [0.1, 0.15) is 29.3 Å². The summed E-state index contributed by atoms with van der Waals surface area (Å²) in [5, 5.41) is 29.1. The van der Waals surface area contributed by atoms with E-state index in [0.29, 0.717) is 5.57 Å². The van der Waals surface area contributed by atoms with E-state index in [1.807, 2.05) is 91.0 Å². The Morgan fingerprint density at radius 3 is 2.14 bits per heavy atom. The lowest BCUT2D eigenvalue weighted by molar-refractivity contribution is -0.900. The van der Waals surface area contributed by atoms with Crippen molar-refractivity contribution in [3.8, 4) is 0 Å². The number of thioether (sulfide) groups is 1. The second-order valence-electron chi connectivity index (χ2n) is 13.6. The van der Waals surface area contributed by atoms with Crippen LogP contribution in [0.25, 0.3) is 0 Å². The van der Waals surface area contributed by atoms with Crippen LogP contribution in [0, 0.1) is 0 Å². The smallest absolute Gasteiger partial charge is 0.352 e. The van der Waals surface area contributed by atoms with E-state index < -0.39 is 65.9 Å². The second kappa shape index (κ2) is 17.5. The van der Waals surface area contributed by atoms with E-state index in [2.05, 4.69) is 30.0 Å². The Kier molecular flexibility index (Phi) is 12.5. The van der Waals surface area contributed by atoms with Gasteiger partial charge in [0.15, 0.2) is 6.04 Å². The third-order valence-corrected chi connectivity index (χ3v) is 11.6. The van der Waals surface area contributed by atoms with E-state index in [0.717, 1.165) is 33.1 Å². The molecule has 3 heterocycles. The molecule has 15 nitrogen and oxygen atoms in total. The summed E-state index contributed by atoms with van der Waals surface area (Å²) in [5.41, 5.74) is 6.71. The summed E-state index contributed by atoms with van der Waals surface area (Å²) < 4.78 is 17.7. The summed E-state index contributed by atoms with van der Waals surface area (Å²) >= 11 is 2.16. The number of aliphatic carboxylic acids is 1. The number of oxime groups is 1. The van der Waals surface area contributed by atoms with Crippen molar-refractivity contribution in [2.24, 2.45) is 10.9 Å². The molecule has 0 saturated carbocycles. The van der Waals surface area contributed by atoms with Gasteiger partial charge in [-0.15, -0.1) is 11.8 Å². The molecule has 18 heteroatoms. The number of benzene rings is 3. The van der Waals surface area contributed by atoms with Crippen LogP contribution in [-0.2, 0) is 29.6 Å². The van der Waals surface area contributed by atoms with Gasteiger partial charge >= 0.3 is 5.97 Å². The minimum atomic E-state index is -1.36. The number of halogens is 1. The number of carbonyl (C=O) groups is 4. The molecule has 0 aliphatic carbocycles. The maximum Gasteiger partial charge on any atom is 0.352 e. The molecular formula is C39H40FN8O7S2+. The zero-order valence-corrected chi connectivity index (χ0v) is 32.5. The Bertz CT molecular complexity index is 2110. The quantitative estimate of drug-likeness (QED) is 0.0344. The van der Waals surface area contributed by atoms with Crippen molar-refractivity contribution >= 4 is 57.8 Å². The number of allylic oxidation sites excluding steroid dienone is 1. The minimum absolute atomic E-state index is 0.0138. The molecule has 1 saturated heterocycles. The molecule has 57 heavy (non-hydrogen) atoms. The Balaban J connectivity index is 1.24. The zero-order valence-electron chi connectivity index (χ0n) is 30.8. The molecule has 0 spiro atoms. The van der Waals surface area contributed by atoms with Crippen LogP contribution in [0.3, 0.4) is 0 Å². The Morgan fingerprint density at radius 1 is 1.05 bits per heavy atom. The number of likely N-dealkylation sites (N-methyl/N-ethyl adjacent to an activating group) is 1. The normalized spacial score (nSPS) is 17.8. The zero-order chi connectivity index (χ0) is 40.7. The Labute approximate surface area is 335 Å². The van der Waals surface area contributed by atoms with Crippen LogP contribution in [-0.4, -0.2) is 116 Å². The number of anilines is 1. The predicted octanol–water partition coefficient (Wildman–Crippen LogP) is 2.81. The van der Waals surface area contributed by atoms with Crippen molar-refractivity contribution in [1.82, 2.24) is 19.6 Å². The molecule has 2 aliphatic heterocycles. The first-order valence-corrected chi connectivity index (χ1v) is 19.4. The molecule has 0 radical (unpaired) electrons. The number of rotatable bonds is 17. The van der Waals surface area contributed by atoms with Gasteiger partial charge in [0.05, 0.1) is 20.6 Å². The number of aromatic nitrogens is 2. The molecule has 3 atom stereocenters. The summed E-state index contributed by atoms with van der Waals surface area (Å²) in [6, 6.07) is 27.2. The fourth-order valence-electron chi connectivity index (χ4n) is 6.81. The number of hydrogen-bond donors (Lipinski definition) is 5. The Morgan fingerprint density at radius 2 is 1.63 bits per heavy atom. The summed E-state index contributed by atoms with van der Waals surface area (Å²) in [4.78, 5) is 61.8. The number of aliphatic hydroxyl groups excluding tert-OH is 1. The lowest BCUT2D eigenvalue weighted by Crippen LogP contribution is -2.71. The van der Waals surface area contributed by atoms with Crippen molar-refractivity contribution in [2.45, 2.75) is 23.0 Å². The van der Waals surface area contributed by atoms with Crippen molar-refractivity contribution in [2.75, 3.05) is 45.2 Å². The van der Waals surface area contributed by atoms with Gasteiger partial charge in [0.25, 0.3) is 24.6 Å². The van der Waals surface area contributed by atoms with Gasteiger partial charge in [-0.2, -0.15) is 9.36 Å². The number of fused-ring (bicyclic) bond motifs is 1. The molecule has 3 aromatic carbocycles. The van der Waals surface area contributed by atoms with Gasteiger partial charge in [-0.25, -0.2) is 9.18 Å².